The first-order chi connectivity index (χ1) is 10.9. The van der Waals surface area contributed by atoms with Gasteiger partial charge in [0.1, 0.15) is 22.8 Å². The number of hydrogen-bond acceptors (Lipinski definition) is 7. The number of ether oxygens (including phenoxy) is 2. The molecule has 0 saturated heterocycles. The van der Waals surface area contributed by atoms with E-state index in [9.17, 15) is 25.2 Å². The van der Waals surface area contributed by atoms with Crippen molar-refractivity contribution in [3.05, 3.63) is 41.2 Å². The topological polar surface area (TPSA) is 116 Å². The number of phenols is 4. The van der Waals surface area contributed by atoms with Crippen LogP contribution in [0.15, 0.2) is 30.0 Å². The van der Waals surface area contributed by atoms with Crippen molar-refractivity contribution in [3.63, 3.8) is 0 Å². The van der Waals surface area contributed by atoms with Crippen molar-refractivity contribution in [2.75, 3.05) is 7.11 Å². The molecular weight excluding hydrogens is 304 g/mol. The van der Waals surface area contributed by atoms with E-state index in [0.29, 0.717) is 0 Å². The Balaban J connectivity index is 2.05. The number of carbonyl (C=O) groups is 1. The van der Waals surface area contributed by atoms with E-state index in [1.807, 2.05) is 0 Å². The zero-order chi connectivity index (χ0) is 16.7. The summed E-state index contributed by atoms with van der Waals surface area (Å²) in [4.78, 5) is 12.4. The minimum Gasteiger partial charge on any atom is -0.508 e. The molecule has 0 aromatic heterocycles. The normalized spacial score (nSPS) is 14.7. The van der Waals surface area contributed by atoms with Crippen LogP contribution in [0, 0.1) is 0 Å². The highest BCUT2D eigenvalue weighted by molar-refractivity contribution is 6.16. The summed E-state index contributed by atoms with van der Waals surface area (Å²) < 4.78 is 10.5. The van der Waals surface area contributed by atoms with Crippen LogP contribution < -0.4 is 9.47 Å². The number of benzene rings is 2. The maximum Gasteiger partial charge on any atom is 0.235 e. The summed E-state index contributed by atoms with van der Waals surface area (Å²) in [6.07, 6.45) is 1.29. The highest BCUT2D eigenvalue weighted by Crippen LogP contribution is 2.42. The molecule has 0 fully saturated rings. The van der Waals surface area contributed by atoms with Gasteiger partial charge < -0.3 is 29.9 Å². The van der Waals surface area contributed by atoms with Crippen LogP contribution in [-0.2, 0) is 0 Å². The maximum atomic E-state index is 12.4. The predicted molar refractivity (Wildman–Crippen MR) is 79.0 cm³/mol. The molecule has 2 aromatic carbocycles. The number of Topliss-reactive ketones (excluding diaryl/α,β-unsaturated/α-hetero) is 1. The molecule has 0 saturated carbocycles. The second-order valence-electron chi connectivity index (χ2n) is 4.87. The first-order valence-electron chi connectivity index (χ1n) is 6.51. The number of carbonyl (C=O) groups excluding carboxylic acids is 1. The van der Waals surface area contributed by atoms with Crippen LogP contribution in [0.25, 0.3) is 6.08 Å². The second-order valence-corrected chi connectivity index (χ2v) is 4.87. The van der Waals surface area contributed by atoms with E-state index in [-0.39, 0.29) is 34.1 Å². The molecule has 1 heterocycles. The van der Waals surface area contributed by atoms with Gasteiger partial charge in [-0.1, -0.05) is 0 Å². The van der Waals surface area contributed by atoms with Gasteiger partial charge in [0.15, 0.2) is 23.0 Å². The quantitative estimate of drug-likeness (QED) is 0.495. The summed E-state index contributed by atoms with van der Waals surface area (Å²) in [5.41, 5.74) is 0.418. The number of ketones is 1. The lowest BCUT2D eigenvalue weighted by Gasteiger charge is -2.04. The molecule has 3 rings (SSSR count). The SMILES string of the molecule is COc1cc(O)cc2c1C(=O)C(=Cc1cc(O)c(O)c(O)c1)O2. The zero-order valence-electron chi connectivity index (χ0n) is 11.9. The fourth-order valence-corrected chi connectivity index (χ4v) is 2.28. The Morgan fingerprint density at radius 3 is 2.30 bits per heavy atom. The Bertz CT molecular complexity index is 829. The van der Waals surface area contributed by atoms with Crippen LogP contribution in [0.1, 0.15) is 15.9 Å². The summed E-state index contributed by atoms with van der Waals surface area (Å²) in [6, 6.07) is 4.90. The fourth-order valence-electron chi connectivity index (χ4n) is 2.28. The molecule has 0 atom stereocenters. The van der Waals surface area contributed by atoms with Gasteiger partial charge in [-0.2, -0.15) is 0 Å². The van der Waals surface area contributed by atoms with Crippen LogP contribution in [0.3, 0.4) is 0 Å². The van der Waals surface area contributed by atoms with Gasteiger partial charge in [-0.15, -0.1) is 0 Å². The molecule has 0 bridgehead atoms. The summed E-state index contributed by atoms with van der Waals surface area (Å²) in [6.45, 7) is 0. The molecule has 0 unspecified atom stereocenters. The summed E-state index contributed by atoms with van der Waals surface area (Å²) in [5.74, 6) is -2.06. The van der Waals surface area contributed by atoms with Crippen molar-refractivity contribution < 1.29 is 34.7 Å². The monoisotopic (exact) mass is 316 g/mol. The molecule has 2 aromatic rings. The van der Waals surface area contributed by atoms with Crippen molar-refractivity contribution in [1.29, 1.82) is 0 Å². The van der Waals surface area contributed by atoms with Gasteiger partial charge in [0.2, 0.25) is 5.78 Å². The fraction of sp³-hybridized carbons (Fsp3) is 0.0625. The number of allylic oxidation sites excluding steroid dienone is 1. The van der Waals surface area contributed by atoms with Crippen molar-refractivity contribution in [3.8, 4) is 34.5 Å². The molecule has 0 amide bonds. The molecule has 7 nitrogen and oxygen atoms in total. The third-order valence-corrected chi connectivity index (χ3v) is 3.33. The summed E-state index contributed by atoms with van der Waals surface area (Å²) in [7, 11) is 1.36. The first kappa shape index (κ1) is 14.6. The van der Waals surface area contributed by atoms with Crippen LogP contribution in [0.5, 0.6) is 34.5 Å². The first-order valence-corrected chi connectivity index (χ1v) is 6.51. The Morgan fingerprint density at radius 2 is 1.70 bits per heavy atom. The molecule has 23 heavy (non-hydrogen) atoms. The van der Waals surface area contributed by atoms with Crippen LogP contribution in [-0.4, -0.2) is 33.3 Å². The minimum atomic E-state index is -0.652. The van der Waals surface area contributed by atoms with E-state index < -0.39 is 23.0 Å². The number of methoxy groups -OCH3 is 1. The van der Waals surface area contributed by atoms with Gasteiger partial charge in [-0.25, -0.2) is 0 Å². The average Bonchev–Trinajstić information content (AvgIpc) is 2.80. The number of aromatic hydroxyl groups is 4. The molecule has 0 aliphatic carbocycles. The Morgan fingerprint density at radius 1 is 1.04 bits per heavy atom. The molecule has 118 valence electrons. The van der Waals surface area contributed by atoms with E-state index in [4.69, 9.17) is 9.47 Å². The van der Waals surface area contributed by atoms with Crippen molar-refractivity contribution in [1.82, 2.24) is 0 Å². The standard InChI is InChI=1S/C16H12O7/c1-22-11-5-8(17)6-12-14(11)16(21)13(23-12)4-7-2-9(18)15(20)10(19)3-7/h2-6,17-20H,1H3. The number of phenolic OH excluding ortho intramolecular Hbond substituents is 4. The largest absolute Gasteiger partial charge is 0.508 e. The van der Waals surface area contributed by atoms with E-state index in [0.717, 1.165) is 12.1 Å². The zero-order valence-corrected chi connectivity index (χ0v) is 11.9. The van der Waals surface area contributed by atoms with E-state index in [1.54, 1.807) is 0 Å². The molecule has 4 N–H and O–H groups in total. The molecule has 0 spiro atoms. The molecule has 0 radical (unpaired) electrons. The van der Waals surface area contributed by atoms with E-state index >= 15 is 0 Å². The van der Waals surface area contributed by atoms with Gasteiger partial charge in [0, 0.05) is 12.1 Å². The van der Waals surface area contributed by atoms with Gasteiger partial charge in [0.25, 0.3) is 0 Å². The Labute approximate surface area is 130 Å². The van der Waals surface area contributed by atoms with Crippen molar-refractivity contribution in [2.24, 2.45) is 0 Å². The molecular formula is C16H12O7. The average molecular weight is 316 g/mol. The highest BCUT2D eigenvalue weighted by Gasteiger charge is 2.32. The lowest BCUT2D eigenvalue weighted by molar-refractivity contribution is 0.101. The number of fused-ring (bicyclic) bond motifs is 1. The molecule has 7 heteroatoms. The third kappa shape index (κ3) is 2.38. The number of rotatable bonds is 2. The molecule has 1 aliphatic heterocycles. The smallest absolute Gasteiger partial charge is 0.235 e. The minimum absolute atomic E-state index is 0.0756. The van der Waals surface area contributed by atoms with Gasteiger partial charge >= 0.3 is 0 Å². The maximum absolute atomic E-state index is 12.4. The third-order valence-electron chi connectivity index (χ3n) is 3.33. The van der Waals surface area contributed by atoms with Crippen LogP contribution >= 0.6 is 0 Å². The van der Waals surface area contributed by atoms with Crippen LogP contribution in [0.2, 0.25) is 0 Å². The van der Waals surface area contributed by atoms with E-state index in [1.165, 1.54) is 25.3 Å². The van der Waals surface area contributed by atoms with Crippen LogP contribution in [0.4, 0.5) is 0 Å². The second kappa shape index (κ2) is 5.13. The number of hydrogen-bond donors (Lipinski definition) is 4. The predicted octanol–water partition coefficient (Wildman–Crippen LogP) is 2.13. The van der Waals surface area contributed by atoms with E-state index in [2.05, 4.69) is 0 Å². The van der Waals surface area contributed by atoms with Gasteiger partial charge in [0.05, 0.1) is 7.11 Å². The van der Waals surface area contributed by atoms with Crippen molar-refractivity contribution >= 4 is 11.9 Å². The summed E-state index contributed by atoms with van der Waals surface area (Å²) >= 11 is 0. The van der Waals surface area contributed by atoms with Gasteiger partial charge in [-0.3, -0.25) is 4.79 Å². The lowest BCUT2D eigenvalue weighted by Crippen LogP contribution is -2.00. The van der Waals surface area contributed by atoms with Gasteiger partial charge in [-0.05, 0) is 23.8 Å². The lowest BCUT2D eigenvalue weighted by atomic mass is 10.1. The Hall–Kier alpha value is -3.35. The summed E-state index contributed by atoms with van der Waals surface area (Å²) in [5, 5.41) is 37.9. The molecule has 1 aliphatic rings. The highest BCUT2D eigenvalue weighted by atomic mass is 16.5. The van der Waals surface area contributed by atoms with Crippen molar-refractivity contribution in [2.45, 2.75) is 0 Å². The Kier molecular flexibility index (Phi) is 3.25.